The quantitative estimate of drug-likeness (QED) is 0.584. The molecule has 0 nitrogen and oxygen atoms in total. The van der Waals surface area contributed by atoms with Gasteiger partial charge in [-0.2, -0.15) is 0 Å². The Morgan fingerprint density at radius 3 is 2.68 bits per heavy atom. The SMILES string of the molecule is Cc1cc(C(Cl)c2cc3c(s2)CCC3)c(C)cc1Br. The lowest BCUT2D eigenvalue weighted by atomic mass is 10.0. The zero-order chi connectivity index (χ0) is 13.6. The van der Waals surface area contributed by atoms with E-state index in [1.54, 1.807) is 4.88 Å². The smallest absolute Gasteiger partial charge is 0.0930 e. The van der Waals surface area contributed by atoms with Crippen molar-refractivity contribution in [1.29, 1.82) is 0 Å². The van der Waals surface area contributed by atoms with Crippen LogP contribution in [0.3, 0.4) is 0 Å². The average Bonchev–Trinajstić information content (AvgIpc) is 2.93. The van der Waals surface area contributed by atoms with Crippen molar-refractivity contribution in [2.45, 2.75) is 38.5 Å². The van der Waals surface area contributed by atoms with Crippen LogP contribution in [-0.2, 0) is 12.8 Å². The summed E-state index contributed by atoms with van der Waals surface area (Å²) in [6.45, 7) is 4.25. The molecule has 0 bridgehead atoms. The summed E-state index contributed by atoms with van der Waals surface area (Å²) in [5, 5.41) is -0.0117. The predicted octanol–water partition coefficient (Wildman–Crippen LogP) is 5.94. The van der Waals surface area contributed by atoms with Crippen molar-refractivity contribution < 1.29 is 0 Å². The molecular formula is C16H16BrClS. The normalized spacial score (nSPS) is 15.6. The number of rotatable bonds is 2. The highest BCUT2D eigenvalue weighted by Crippen LogP contribution is 2.40. The van der Waals surface area contributed by atoms with Crippen molar-refractivity contribution in [3.63, 3.8) is 0 Å². The van der Waals surface area contributed by atoms with Crippen molar-refractivity contribution in [3.05, 3.63) is 54.7 Å². The van der Waals surface area contributed by atoms with Gasteiger partial charge >= 0.3 is 0 Å². The number of thiophene rings is 1. The van der Waals surface area contributed by atoms with Gasteiger partial charge in [0.25, 0.3) is 0 Å². The highest BCUT2D eigenvalue weighted by molar-refractivity contribution is 9.10. The van der Waals surface area contributed by atoms with Gasteiger partial charge < -0.3 is 0 Å². The Labute approximate surface area is 131 Å². The van der Waals surface area contributed by atoms with Gasteiger partial charge in [-0.05, 0) is 67.5 Å². The molecule has 3 rings (SSSR count). The summed E-state index contributed by atoms with van der Waals surface area (Å²) in [6.07, 6.45) is 3.78. The summed E-state index contributed by atoms with van der Waals surface area (Å²) < 4.78 is 1.16. The summed E-state index contributed by atoms with van der Waals surface area (Å²) in [5.74, 6) is 0. The second-order valence-electron chi connectivity index (χ2n) is 5.27. The minimum atomic E-state index is -0.0117. The van der Waals surface area contributed by atoms with E-state index in [-0.39, 0.29) is 5.38 Å². The molecule has 0 fully saturated rings. The predicted molar refractivity (Wildman–Crippen MR) is 87.7 cm³/mol. The van der Waals surface area contributed by atoms with Crippen LogP contribution in [0.2, 0.25) is 0 Å². The molecular weight excluding hydrogens is 340 g/mol. The molecule has 0 aliphatic heterocycles. The molecule has 0 saturated heterocycles. The Balaban J connectivity index is 1.99. The molecule has 1 aliphatic carbocycles. The maximum atomic E-state index is 6.72. The minimum Gasteiger partial charge on any atom is -0.143 e. The number of alkyl halides is 1. The maximum Gasteiger partial charge on any atom is 0.0930 e. The first-order chi connectivity index (χ1) is 9.06. The van der Waals surface area contributed by atoms with Gasteiger partial charge in [-0.15, -0.1) is 22.9 Å². The van der Waals surface area contributed by atoms with Crippen LogP contribution in [0.4, 0.5) is 0 Å². The Morgan fingerprint density at radius 1 is 1.16 bits per heavy atom. The molecule has 0 saturated carbocycles. The zero-order valence-corrected chi connectivity index (χ0v) is 14.3. The molecule has 0 spiro atoms. The molecule has 1 aromatic heterocycles. The number of hydrogen-bond donors (Lipinski definition) is 0. The fraction of sp³-hybridized carbons (Fsp3) is 0.375. The van der Waals surface area contributed by atoms with Crippen molar-refractivity contribution in [2.24, 2.45) is 0 Å². The Hall–Kier alpha value is -0.310. The van der Waals surface area contributed by atoms with E-state index < -0.39 is 0 Å². The Kier molecular flexibility index (Phi) is 3.76. The van der Waals surface area contributed by atoms with Gasteiger partial charge in [0.1, 0.15) is 0 Å². The fourth-order valence-corrected chi connectivity index (χ4v) is 4.85. The molecule has 0 amide bonds. The highest BCUT2D eigenvalue weighted by Gasteiger charge is 2.21. The first-order valence-electron chi connectivity index (χ1n) is 6.58. The average molecular weight is 356 g/mol. The van der Waals surface area contributed by atoms with Crippen LogP contribution < -0.4 is 0 Å². The maximum absolute atomic E-state index is 6.72. The monoisotopic (exact) mass is 354 g/mol. The molecule has 19 heavy (non-hydrogen) atoms. The minimum absolute atomic E-state index is 0.0117. The molecule has 100 valence electrons. The molecule has 0 N–H and O–H groups in total. The number of aryl methyl sites for hydroxylation is 4. The largest absolute Gasteiger partial charge is 0.143 e. The van der Waals surface area contributed by atoms with Crippen LogP contribution in [0.1, 0.15) is 43.8 Å². The molecule has 1 unspecified atom stereocenters. The van der Waals surface area contributed by atoms with Crippen LogP contribution in [0.5, 0.6) is 0 Å². The van der Waals surface area contributed by atoms with Gasteiger partial charge in [0.2, 0.25) is 0 Å². The number of halogens is 2. The van der Waals surface area contributed by atoms with Crippen LogP contribution in [0.25, 0.3) is 0 Å². The summed E-state index contributed by atoms with van der Waals surface area (Å²) in [7, 11) is 0. The van der Waals surface area contributed by atoms with Crippen LogP contribution >= 0.6 is 38.9 Å². The van der Waals surface area contributed by atoms with Gasteiger partial charge in [0.15, 0.2) is 0 Å². The second kappa shape index (κ2) is 5.23. The number of fused-ring (bicyclic) bond motifs is 1. The zero-order valence-electron chi connectivity index (χ0n) is 11.1. The highest BCUT2D eigenvalue weighted by atomic mass is 79.9. The summed E-state index contributed by atoms with van der Waals surface area (Å²) in [5.41, 5.74) is 5.26. The van der Waals surface area contributed by atoms with Crippen LogP contribution in [-0.4, -0.2) is 0 Å². The fourth-order valence-electron chi connectivity index (χ4n) is 2.71. The van der Waals surface area contributed by atoms with Crippen molar-refractivity contribution in [3.8, 4) is 0 Å². The Bertz CT molecular complexity index is 608. The van der Waals surface area contributed by atoms with E-state index in [0.717, 1.165) is 4.47 Å². The van der Waals surface area contributed by atoms with Gasteiger partial charge in [0.05, 0.1) is 5.38 Å². The van der Waals surface area contributed by atoms with Gasteiger partial charge in [-0.25, -0.2) is 0 Å². The standard InChI is InChI=1S/C16H16BrClS/c1-9-7-13(17)10(2)6-12(9)16(18)15-8-11-4-3-5-14(11)19-15/h6-8,16H,3-5H2,1-2H3. The third-order valence-corrected chi connectivity index (χ3v) is 6.59. The van der Waals surface area contributed by atoms with E-state index in [9.17, 15) is 0 Å². The van der Waals surface area contributed by atoms with Crippen molar-refractivity contribution >= 4 is 38.9 Å². The van der Waals surface area contributed by atoms with E-state index in [1.807, 2.05) is 11.3 Å². The van der Waals surface area contributed by atoms with Crippen LogP contribution in [0.15, 0.2) is 22.7 Å². The summed E-state index contributed by atoms with van der Waals surface area (Å²) >= 11 is 12.2. The molecule has 1 heterocycles. The summed E-state index contributed by atoms with van der Waals surface area (Å²) in [6, 6.07) is 6.70. The van der Waals surface area contributed by atoms with E-state index in [1.165, 1.54) is 46.4 Å². The van der Waals surface area contributed by atoms with E-state index in [4.69, 9.17) is 11.6 Å². The van der Waals surface area contributed by atoms with Crippen molar-refractivity contribution in [2.75, 3.05) is 0 Å². The first-order valence-corrected chi connectivity index (χ1v) is 8.63. The van der Waals surface area contributed by atoms with E-state index >= 15 is 0 Å². The topological polar surface area (TPSA) is 0 Å². The lowest BCUT2D eigenvalue weighted by Gasteiger charge is -2.13. The Morgan fingerprint density at radius 2 is 1.95 bits per heavy atom. The number of benzene rings is 1. The lowest BCUT2D eigenvalue weighted by molar-refractivity contribution is 0.913. The first kappa shape index (κ1) is 13.7. The second-order valence-corrected chi connectivity index (χ2v) is 7.73. The van der Waals surface area contributed by atoms with E-state index in [0.29, 0.717) is 0 Å². The molecule has 2 aromatic rings. The third kappa shape index (κ3) is 2.51. The molecule has 1 aliphatic rings. The van der Waals surface area contributed by atoms with Crippen molar-refractivity contribution in [1.82, 2.24) is 0 Å². The summed E-state index contributed by atoms with van der Waals surface area (Å²) in [4.78, 5) is 2.85. The molecule has 3 heteroatoms. The van der Waals surface area contributed by atoms with E-state index in [2.05, 4.69) is 48.0 Å². The van der Waals surface area contributed by atoms with Gasteiger partial charge in [-0.1, -0.05) is 22.0 Å². The number of hydrogen-bond acceptors (Lipinski definition) is 1. The third-order valence-electron chi connectivity index (χ3n) is 3.84. The lowest BCUT2D eigenvalue weighted by Crippen LogP contribution is -1.96. The van der Waals surface area contributed by atoms with Gasteiger partial charge in [-0.3, -0.25) is 0 Å². The molecule has 1 aromatic carbocycles. The molecule has 1 atom stereocenters. The van der Waals surface area contributed by atoms with Gasteiger partial charge in [0, 0.05) is 14.2 Å². The van der Waals surface area contributed by atoms with Crippen LogP contribution in [0, 0.1) is 13.8 Å². The molecule has 0 radical (unpaired) electrons.